The number of H-pyrrole nitrogens is 2. The first-order chi connectivity index (χ1) is 15.0. The molecule has 2 aromatic heterocycles. The lowest BCUT2D eigenvalue weighted by Crippen LogP contribution is -2.13. The number of tetrazole rings is 1. The number of unbranched alkanes of at least 4 members (excludes halogenated alkanes) is 1. The van der Waals surface area contributed by atoms with E-state index in [1.165, 1.54) is 0 Å². The number of aromatic nitrogens is 5. The number of fused-ring (bicyclic) bond motifs is 1. The van der Waals surface area contributed by atoms with Crippen LogP contribution in [0.2, 0.25) is 5.02 Å². The van der Waals surface area contributed by atoms with Gasteiger partial charge in [-0.2, -0.15) is 5.21 Å². The standard InChI is InChI=1S/C21H20ClN7O2/c1-2-3-7-18(30)23-16-6-4-5-12-10-17(24-19(12)16)21(31)25-15-9-8-13(22)11-14(15)20-26-28-29-27-20/h4-6,8-11,24H,2-3,7H2,1H3,(H,23,30)(H,25,31)(H,26,27,28,29). The number of amides is 2. The molecule has 0 aliphatic rings. The lowest BCUT2D eigenvalue weighted by atomic mass is 10.1. The van der Waals surface area contributed by atoms with Gasteiger partial charge < -0.3 is 15.6 Å². The van der Waals surface area contributed by atoms with Crippen molar-refractivity contribution in [2.75, 3.05) is 10.6 Å². The summed E-state index contributed by atoms with van der Waals surface area (Å²) in [6.45, 7) is 2.04. The van der Waals surface area contributed by atoms with Crippen molar-refractivity contribution in [1.82, 2.24) is 25.6 Å². The number of hydrogen-bond acceptors (Lipinski definition) is 5. The van der Waals surface area contributed by atoms with E-state index < -0.39 is 0 Å². The fourth-order valence-corrected chi connectivity index (χ4v) is 3.38. The zero-order valence-electron chi connectivity index (χ0n) is 16.7. The summed E-state index contributed by atoms with van der Waals surface area (Å²) in [4.78, 5) is 28.2. The van der Waals surface area contributed by atoms with Gasteiger partial charge in [0.2, 0.25) is 11.7 Å². The van der Waals surface area contributed by atoms with E-state index in [9.17, 15) is 9.59 Å². The smallest absolute Gasteiger partial charge is 0.272 e. The fourth-order valence-electron chi connectivity index (χ4n) is 3.21. The lowest BCUT2D eigenvalue weighted by Gasteiger charge is -2.08. The molecule has 4 rings (SSSR count). The predicted octanol–water partition coefficient (Wildman–Crippen LogP) is 4.38. The summed E-state index contributed by atoms with van der Waals surface area (Å²) in [6, 6.07) is 12.2. The number of rotatable bonds is 7. The summed E-state index contributed by atoms with van der Waals surface area (Å²) >= 11 is 6.09. The molecule has 4 aromatic rings. The maximum absolute atomic E-state index is 12.9. The highest BCUT2D eigenvalue weighted by Crippen LogP contribution is 2.29. The van der Waals surface area contributed by atoms with Crippen LogP contribution in [-0.4, -0.2) is 37.4 Å². The number of nitrogens with zero attached hydrogens (tertiary/aromatic N) is 3. The van der Waals surface area contributed by atoms with Crippen molar-refractivity contribution < 1.29 is 9.59 Å². The number of hydrogen-bond donors (Lipinski definition) is 4. The second-order valence-electron chi connectivity index (χ2n) is 6.98. The summed E-state index contributed by atoms with van der Waals surface area (Å²) < 4.78 is 0. The number of para-hydroxylation sites is 1. The normalized spacial score (nSPS) is 10.9. The van der Waals surface area contributed by atoms with E-state index in [4.69, 9.17) is 11.6 Å². The Morgan fingerprint density at radius 2 is 1.97 bits per heavy atom. The Morgan fingerprint density at radius 1 is 1.10 bits per heavy atom. The average Bonchev–Trinajstić information content (AvgIpc) is 3.44. The molecule has 10 heteroatoms. The molecular weight excluding hydrogens is 418 g/mol. The van der Waals surface area contributed by atoms with Gasteiger partial charge in [-0.25, -0.2) is 0 Å². The Balaban J connectivity index is 1.60. The van der Waals surface area contributed by atoms with Crippen molar-refractivity contribution in [1.29, 1.82) is 0 Å². The largest absolute Gasteiger partial charge is 0.349 e. The molecule has 4 N–H and O–H groups in total. The van der Waals surface area contributed by atoms with Gasteiger partial charge in [-0.05, 0) is 42.0 Å². The monoisotopic (exact) mass is 437 g/mol. The molecule has 2 aromatic carbocycles. The van der Waals surface area contributed by atoms with Crippen molar-refractivity contribution in [3.63, 3.8) is 0 Å². The Kier molecular flexibility index (Phi) is 5.94. The number of benzene rings is 2. The van der Waals surface area contributed by atoms with Crippen molar-refractivity contribution >= 4 is 45.7 Å². The molecule has 2 heterocycles. The van der Waals surface area contributed by atoms with E-state index in [1.54, 1.807) is 30.3 Å². The molecule has 0 unspecified atom stereocenters. The van der Waals surface area contributed by atoms with Crippen LogP contribution in [0, 0.1) is 0 Å². The van der Waals surface area contributed by atoms with Crippen molar-refractivity contribution in [3.05, 3.63) is 53.2 Å². The van der Waals surface area contributed by atoms with Gasteiger partial charge in [-0.3, -0.25) is 9.59 Å². The van der Waals surface area contributed by atoms with E-state index in [0.717, 1.165) is 18.2 Å². The molecule has 9 nitrogen and oxygen atoms in total. The van der Waals surface area contributed by atoms with Crippen LogP contribution in [0.25, 0.3) is 22.3 Å². The van der Waals surface area contributed by atoms with Crippen LogP contribution in [0.3, 0.4) is 0 Å². The van der Waals surface area contributed by atoms with Gasteiger partial charge in [0.05, 0.1) is 16.9 Å². The maximum Gasteiger partial charge on any atom is 0.272 e. The van der Waals surface area contributed by atoms with Gasteiger partial charge in [-0.15, -0.1) is 10.2 Å². The first-order valence-corrected chi connectivity index (χ1v) is 10.2. The predicted molar refractivity (Wildman–Crippen MR) is 119 cm³/mol. The van der Waals surface area contributed by atoms with Crippen molar-refractivity contribution in [2.24, 2.45) is 0 Å². The highest BCUT2D eigenvalue weighted by atomic mass is 35.5. The molecule has 2 amide bonds. The Hall–Kier alpha value is -3.72. The Morgan fingerprint density at radius 3 is 2.74 bits per heavy atom. The van der Waals surface area contributed by atoms with Crippen LogP contribution >= 0.6 is 11.6 Å². The Bertz CT molecular complexity index is 1230. The van der Waals surface area contributed by atoms with E-state index in [-0.39, 0.29) is 11.8 Å². The Labute approximate surface area is 182 Å². The molecule has 0 bridgehead atoms. The summed E-state index contributed by atoms with van der Waals surface area (Å²) in [5.41, 5.74) is 2.69. The zero-order valence-corrected chi connectivity index (χ0v) is 17.5. The molecule has 0 fully saturated rings. The van der Waals surface area contributed by atoms with Crippen molar-refractivity contribution in [2.45, 2.75) is 26.2 Å². The average molecular weight is 438 g/mol. The molecule has 0 radical (unpaired) electrons. The molecule has 0 saturated heterocycles. The number of aromatic amines is 2. The number of halogens is 1. The quantitative estimate of drug-likeness (QED) is 0.341. The second-order valence-corrected chi connectivity index (χ2v) is 7.42. The molecular formula is C21H20ClN7O2. The van der Waals surface area contributed by atoms with Gasteiger partial charge in [-0.1, -0.05) is 37.1 Å². The minimum absolute atomic E-state index is 0.0548. The van der Waals surface area contributed by atoms with E-state index in [0.29, 0.717) is 45.4 Å². The SMILES string of the molecule is CCCCC(=O)Nc1cccc2cc(C(=O)Nc3ccc(Cl)cc3-c3nn[nH]n3)[nH]c12. The highest BCUT2D eigenvalue weighted by Gasteiger charge is 2.16. The molecule has 0 saturated carbocycles. The minimum atomic E-state index is -0.355. The third-order valence-corrected chi connectivity index (χ3v) is 4.98. The second kappa shape index (κ2) is 8.97. The number of carbonyl (C=O) groups is 2. The summed E-state index contributed by atoms with van der Waals surface area (Å²) in [5, 5.41) is 20.9. The first-order valence-electron chi connectivity index (χ1n) is 9.81. The fraction of sp³-hybridized carbons (Fsp3) is 0.190. The molecule has 0 aliphatic carbocycles. The summed E-state index contributed by atoms with van der Waals surface area (Å²) in [5.74, 6) is -0.0982. The third-order valence-electron chi connectivity index (χ3n) is 4.75. The van der Waals surface area contributed by atoms with E-state index in [2.05, 4.69) is 36.2 Å². The van der Waals surface area contributed by atoms with Gasteiger partial charge >= 0.3 is 0 Å². The zero-order chi connectivity index (χ0) is 21.8. The van der Waals surface area contributed by atoms with Gasteiger partial charge in [0.25, 0.3) is 5.91 Å². The molecule has 31 heavy (non-hydrogen) atoms. The van der Waals surface area contributed by atoms with Gasteiger partial charge in [0.15, 0.2) is 0 Å². The molecule has 158 valence electrons. The van der Waals surface area contributed by atoms with Crippen LogP contribution in [0.1, 0.15) is 36.7 Å². The lowest BCUT2D eigenvalue weighted by molar-refractivity contribution is -0.116. The highest BCUT2D eigenvalue weighted by molar-refractivity contribution is 6.31. The van der Waals surface area contributed by atoms with E-state index >= 15 is 0 Å². The molecule has 0 atom stereocenters. The third kappa shape index (κ3) is 4.56. The van der Waals surface area contributed by atoms with Crippen LogP contribution in [0.5, 0.6) is 0 Å². The summed E-state index contributed by atoms with van der Waals surface area (Å²) in [7, 11) is 0. The van der Waals surface area contributed by atoms with Crippen LogP contribution in [0.4, 0.5) is 11.4 Å². The van der Waals surface area contributed by atoms with Gasteiger partial charge in [0, 0.05) is 22.4 Å². The number of carbonyl (C=O) groups excluding carboxylic acids is 2. The minimum Gasteiger partial charge on any atom is -0.349 e. The van der Waals surface area contributed by atoms with Crippen molar-refractivity contribution in [3.8, 4) is 11.4 Å². The topological polar surface area (TPSA) is 128 Å². The van der Waals surface area contributed by atoms with Crippen LogP contribution < -0.4 is 10.6 Å². The van der Waals surface area contributed by atoms with Crippen LogP contribution in [0.15, 0.2) is 42.5 Å². The molecule has 0 spiro atoms. The number of anilines is 2. The first kappa shape index (κ1) is 20.5. The van der Waals surface area contributed by atoms with Gasteiger partial charge in [0.1, 0.15) is 5.69 Å². The van der Waals surface area contributed by atoms with Crippen LogP contribution in [-0.2, 0) is 4.79 Å². The number of nitrogens with one attached hydrogen (secondary N) is 4. The maximum atomic E-state index is 12.9. The molecule has 0 aliphatic heterocycles. The van der Waals surface area contributed by atoms with E-state index in [1.807, 2.05) is 19.1 Å². The summed E-state index contributed by atoms with van der Waals surface area (Å²) in [6.07, 6.45) is 2.22.